The third-order valence-corrected chi connectivity index (χ3v) is 3.56. The van der Waals surface area contributed by atoms with Gasteiger partial charge in [-0.05, 0) is 30.7 Å². The van der Waals surface area contributed by atoms with E-state index < -0.39 is 6.10 Å². The van der Waals surface area contributed by atoms with Crippen LogP contribution < -0.4 is 0 Å². The van der Waals surface area contributed by atoms with Gasteiger partial charge in [-0.2, -0.15) is 0 Å². The van der Waals surface area contributed by atoms with E-state index >= 15 is 0 Å². The van der Waals surface area contributed by atoms with Crippen LogP contribution in [-0.2, 0) is 6.42 Å². The topological polar surface area (TPSA) is 46.0 Å². The molecule has 3 rings (SSSR count). The Kier molecular flexibility index (Phi) is 3.44. The molecule has 2 heterocycles. The molecular formula is C17H16N2O. The Bertz CT molecular complexity index is 734. The van der Waals surface area contributed by atoms with E-state index in [2.05, 4.69) is 9.97 Å². The summed E-state index contributed by atoms with van der Waals surface area (Å²) in [5, 5.41) is 11.5. The van der Waals surface area contributed by atoms with E-state index in [1.165, 1.54) is 0 Å². The average molecular weight is 264 g/mol. The Labute approximate surface area is 117 Å². The van der Waals surface area contributed by atoms with Gasteiger partial charge in [-0.3, -0.25) is 9.97 Å². The van der Waals surface area contributed by atoms with Gasteiger partial charge < -0.3 is 5.11 Å². The van der Waals surface area contributed by atoms with Crippen LogP contribution in [0.4, 0.5) is 0 Å². The van der Waals surface area contributed by atoms with Gasteiger partial charge in [0.1, 0.15) is 0 Å². The maximum atomic E-state index is 10.5. The molecule has 0 fully saturated rings. The van der Waals surface area contributed by atoms with Crippen molar-refractivity contribution in [2.24, 2.45) is 0 Å². The number of aromatic nitrogens is 2. The first kappa shape index (κ1) is 12.8. The number of aliphatic hydroxyl groups is 1. The smallest absolute Gasteiger partial charge is 0.0848 e. The van der Waals surface area contributed by atoms with E-state index in [0.29, 0.717) is 6.42 Å². The molecule has 1 N–H and O–H groups in total. The fraction of sp³-hybridized carbons (Fsp3) is 0.176. The third kappa shape index (κ3) is 2.40. The quantitative estimate of drug-likeness (QED) is 0.790. The van der Waals surface area contributed by atoms with Gasteiger partial charge >= 0.3 is 0 Å². The summed E-state index contributed by atoms with van der Waals surface area (Å²) < 4.78 is 0. The molecule has 3 heteroatoms. The van der Waals surface area contributed by atoms with Crippen molar-refractivity contribution in [2.45, 2.75) is 19.4 Å². The summed E-state index contributed by atoms with van der Waals surface area (Å²) >= 11 is 0. The van der Waals surface area contributed by atoms with Gasteiger partial charge in [-0.1, -0.05) is 24.3 Å². The zero-order valence-electron chi connectivity index (χ0n) is 11.3. The molecule has 0 aliphatic heterocycles. The van der Waals surface area contributed by atoms with E-state index in [-0.39, 0.29) is 0 Å². The summed E-state index contributed by atoms with van der Waals surface area (Å²) in [5.74, 6) is 0. The summed E-state index contributed by atoms with van der Waals surface area (Å²) in [6, 6.07) is 13.8. The van der Waals surface area contributed by atoms with Crippen LogP contribution in [0.3, 0.4) is 0 Å². The van der Waals surface area contributed by atoms with Crippen LogP contribution in [0.15, 0.2) is 54.9 Å². The zero-order chi connectivity index (χ0) is 13.9. The van der Waals surface area contributed by atoms with Crippen molar-refractivity contribution in [3.8, 4) is 0 Å². The number of aryl methyl sites for hydroxylation is 1. The second kappa shape index (κ2) is 5.39. The van der Waals surface area contributed by atoms with Crippen molar-refractivity contribution >= 4 is 10.9 Å². The Balaban J connectivity index is 1.96. The maximum absolute atomic E-state index is 10.5. The molecular weight excluding hydrogens is 248 g/mol. The molecule has 1 atom stereocenters. The molecule has 0 radical (unpaired) electrons. The lowest BCUT2D eigenvalue weighted by Crippen LogP contribution is -2.05. The lowest BCUT2D eigenvalue weighted by Gasteiger charge is -2.14. The van der Waals surface area contributed by atoms with E-state index in [9.17, 15) is 5.11 Å². The number of rotatable bonds is 3. The standard InChI is InChI=1S/C17H16N2O/c1-12-14(6-4-9-18-12)17(20)11-13-8-10-19-16-7-3-2-5-15(13)16/h2-10,17,20H,11H2,1H3. The van der Waals surface area contributed by atoms with Crippen molar-refractivity contribution in [1.82, 2.24) is 9.97 Å². The summed E-state index contributed by atoms with van der Waals surface area (Å²) in [4.78, 5) is 8.58. The molecule has 0 amide bonds. The van der Waals surface area contributed by atoms with Crippen molar-refractivity contribution in [3.63, 3.8) is 0 Å². The first-order valence-corrected chi connectivity index (χ1v) is 6.68. The molecule has 0 saturated heterocycles. The lowest BCUT2D eigenvalue weighted by molar-refractivity contribution is 0.177. The van der Waals surface area contributed by atoms with Gasteiger partial charge in [0.15, 0.2) is 0 Å². The summed E-state index contributed by atoms with van der Waals surface area (Å²) in [6.07, 6.45) is 3.55. The van der Waals surface area contributed by atoms with Gasteiger partial charge in [0, 0.05) is 35.5 Å². The molecule has 1 aromatic carbocycles. The van der Waals surface area contributed by atoms with Crippen LogP contribution in [-0.4, -0.2) is 15.1 Å². The molecule has 0 bridgehead atoms. The normalized spacial score (nSPS) is 12.5. The van der Waals surface area contributed by atoms with E-state index in [1.807, 2.05) is 49.4 Å². The summed E-state index contributed by atoms with van der Waals surface area (Å²) in [6.45, 7) is 1.92. The minimum absolute atomic E-state index is 0.547. The van der Waals surface area contributed by atoms with Crippen LogP contribution in [0.2, 0.25) is 0 Å². The molecule has 0 aliphatic carbocycles. The highest BCUT2D eigenvalue weighted by atomic mass is 16.3. The van der Waals surface area contributed by atoms with Gasteiger partial charge in [0.2, 0.25) is 0 Å². The number of hydrogen-bond acceptors (Lipinski definition) is 3. The first-order valence-electron chi connectivity index (χ1n) is 6.68. The number of aliphatic hydroxyl groups excluding tert-OH is 1. The van der Waals surface area contributed by atoms with Crippen molar-refractivity contribution < 1.29 is 5.11 Å². The summed E-state index contributed by atoms with van der Waals surface area (Å²) in [7, 11) is 0. The molecule has 2 aromatic heterocycles. The van der Waals surface area contributed by atoms with Gasteiger partial charge in [-0.25, -0.2) is 0 Å². The number of hydrogen-bond donors (Lipinski definition) is 1. The zero-order valence-corrected chi connectivity index (χ0v) is 11.3. The van der Waals surface area contributed by atoms with E-state index in [1.54, 1.807) is 12.4 Å². The van der Waals surface area contributed by atoms with E-state index in [0.717, 1.165) is 27.7 Å². The second-order valence-corrected chi connectivity index (χ2v) is 4.89. The highest BCUT2D eigenvalue weighted by Crippen LogP contribution is 2.24. The maximum Gasteiger partial charge on any atom is 0.0848 e. The molecule has 3 nitrogen and oxygen atoms in total. The Morgan fingerprint density at radius 2 is 1.85 bits per heavy atom. The monoisotopic (exact) mass is 264 g/mol. The number of pyridine rings is 2. The number of nitrogens with zero attached hydrogens (tertiary/aromatic N) is 2. The Morgan fingerprint density at radius 3 is 2.70 bits per heavy atom. The second-order valence-electron chi connectivity index (χ2n) is 4.89. The Hall–Kier alpha value is -2.26. The van der Waals surface area contributed by atoms with Gasteiger partial charge in [-0.15, -0.1) is 0 Å². The molecule has 3 aromatic rings. The fourth-order valence-corrected chi connectivity index (χ4v) is 2.50. The van der Waals surface area contributed by atoms with Crippen LogP contribution in [0.5, 0.6) is 0 Å². The SMILES string of the molecule is Cc1ncccc1C(O)Cc1ccnc2ccccc12. The number of fused-ring (bicyclic) bond motifs is 1. The fourth-order valence-electron chi connectivity index (χ4n) is 2.50. The molecule has 0 spiro atoms. The molecule has 100 valence electrons. The minimum Gasteiger partial charge on any atom is -0.388 e. The third-order valence-electron chi connectivity index (χ3n) is 3.56. The largest absolute Gasteiger partial charge is 0.388 e. The van der Waals surface area contributed by atoms with Crippen molar-refractivity contribution in [2.75, 3.05) is 0 Å². The van der Waals surface area contributed by atoms with Crippen LogP contribution in [0, 0.1) is 6.92 Å². The predicted octanol–water partition coefficient (Wildman–Crippen LogP) is 3.21. The minimum atomic E-state index is -0.547. The van der Waals surface area contributed by atoms with Crippen LogP contribution in [0.25, 0.3) is 10.9 Å². The molecule has 0 aliphatic rings. The van der Waals surface area contributed by atoms with Gasteiger partial charge in [0.05, 0.1) is 11.6 Å². The molecule has 0 saturated carbocycles. The molecule has 1 unspecified atom stereocenters. The van der Waals surface area contributed by atoms with Crippen LogP contribution >= 0.6 is 0 Å². The summed E-state index contributed by atoms with van der Waals surface area (Å²) in [5.41, 5.74) is 3.82. The lowest BCUT2D eigenvalue weighted by atomic mass is 9.98. The molecule has 20 heavy (non-hydrogen) atoms. The first-order chi connectivity index (χ1) is 9.75. The number of benzene rings is 1. The van der Waals surface area contributed by atoms with Crippen molar-refractivity contribution in [1.29, 1.82) is 0 Å². The average Bonchev–Trinajstić information content (AvgIpc) is 2.48. The predicted molar refractivity (Wildman–Crippen MR) is 79.4 cm³/mol. The van der Waals surface area contributed by atoms with Gasteiger partial charge in [0.25, 0.3) is 0 Å². The highest BCUT2D eigenvalue weighted by molar-refractivity contribution is 5.81. The van der Waals surface area contributed by atoms with Crippen LogP contribution in [0.1, 0.15) is 22.9 Å². The highest BCUT2D eigenvalue weighted by Gasteiger charge is 2.13. The Morgan fingerprint density at radius 1 is 1.00 bits per heavy atom. The van der Waals surface area contributed by atoms with E-state index in [4.69, 9.17) is 0 Å². The number of para-hydroxylation sites is 1. The van der Waals surface area contributed by atoms with Crippen molar-refractivity contribution in [3.05, 3.63) is 71.7 Å².